The smallest absolute Gasteiger partial charge is 0.326 e. The molecule has 0 fully saturated rings. The van der Waals surface area contributed by atoms with Crippen molar-refractivity contribution >= 4 is 29.7 Å². The first-order valence-electron chi connectivity index (χ1n) is 9.93. The van der Waals surface area contributed by atoms with Crippen molar-refractivity contribution in [1.29, 1.82) is 0 Å². The second-order valence-electron chi connectivity index (χ2n) is 7.72. The fourth-order valence-corrected chi connectivity index (χ4v) is 2.55. The molecule has 0 heterocycles. The number of nitrogens with two attached hydrogens (primary N) is 1. The lowest BCUT2D eigenvalue weighted by atomic mass is 9.98. The first-order valence-corrected chi connectivity index (χ1v) is 9.93. The molecule has 7 N–H and O–H groups in total. The number of amides is 3. The molecule has 11 nitrogen and oxygen atoms in total. The van der Waals surface area contributed by atoms with Gasteiger partial charge in [-0.2, -0.15) is 0 Å². The van der Waals surface area contributed by atoms with E-state index in [1.54, 1.807) is 27.7 Å². The molecule has 0 saturated carbocycles. The van der Waals surface area contributed by atoms with Gasteiger partial charge in [0.1, 0.15) is 18.1 Å². The second kappa shape index (κ2) is 12.8. The predicted molar refractivity (Wildman–Crippen MR) is 108 cm³/mol. The van der Waals surface area contributed by atoms with Crippen molar-refractivity contribution in [2.24, 2.45) is 17.6 Å². The lowest BCUT2D eigenvalue weighted by molar-refractivity contribution is -0.144. The largest absolute Gasteiger partial charge is 0.481 e. The van der Waals surface area contributed by atoms with Crippen LogP contribution in [0.3, 0.4) is 0 Å². The molecule has 0 aliphatic carbocycles. The molecular formula is C19H34N4O7. The monoisotopic (exact) mass is 430 g/mol. The first-order chi connectivity index (χ1) is 13.8. The van der Waals surface area contributed by atoms with Crippen molar-refractivity contribution in [3.63, 3.8) is 0 Å². The molecule has 11 heteroatoms. The Balaban J connectivity index is 5.50. The van der Waals surface area contributed by atoms with E-state index < -0.39 is 60.2 Å². The molecule has 0 aliphatic heterocycles. The summed E-state index contributed by atoms with van der Waals surface area (Å²) in [5.41, 5.74) is 5.51. The Morgan fingerprint density at radius 1 is 0.833 bits per heavy atom. The molecule has 0 radical (unpaired) electrons. The van der Waals surface area contributed by atoms with Crippen molar-refractivity contribution in [2.75, 3.05) is 0 Å². The maximum atomic E-state index is 12.7. The van der Waals surface area contributed by atoms with Crippen molar-refractivity contribution in [2.45, 2.75) is 78.0 Å². The van der Waals surface area contributed by atoms with Gasteiger partial charge in [-0.3, -0.25) is 19.2 Å². The quantitative estimate of drug-likeness (QED) is 0.224. The number of carbonyl (C=O) groups is 5. The summed E-state index contributed by atoms with van der Waals surface area (Å²) in [5.74, 6) is -5.19. The molecular weight excluding hydrogens is 396 g/mol. The van der Waals surface area contributed by atoms with Gasteiger partial charge in [0.05, 0.1) is 6.04 Å². The molecule has 0 aromatic carbocycles. The van der Waals surface area contributed by atoms with Crippen LogP contribution < -0.4 is 21.7 Å². The Morgan fingerprint density at radius 2 is 1.37 bits per heavy atom. The van der Waals surface area contributed by atoms with Gasteiger partial charge in [-0.05, 0) is 25.2 Å². The highest BCUT2D eigenvalue weighted by molar-refractivity contribution is 5.94. The highest BCUT2D eigenvalue weighted by atomic mass is 16.4. The molecule has 3 amide bonds. The molecule has 5 unspecified atom stereocenters. The van der Waals surface area contributed by atoms with Crippen LogP contribution >= 0.6 is 0 Å². The van der Waals surface area contributed by atoms with Gasteiger partial charge in [0.15, 0.2) is 0 Å². The predicted octanol–water partition coefficient (Wildman–Crippen LogP) is -0.560. The Morgan fingerprint density at radius 3 is 1.77 bits per heavy atom. The summed E-state index contributed by atoms with van der Waals surface area (Å²) >= 11 is 0. The van der Waals surface area contributed by atoms with E-state index in [-0.39, 0.29) is 18.3 Å². The van der Waals surface area contributed by atoms with Gasteiger partial charge in [-0.1, -0.05) is 34.1 Å². The van der Waals surface area contributed by atoms with Crippen molar-refractivity contribution in [3.05, 3.63) is 0 Å². The Kier molecular flexibility index (Phi) is 11.6. The van der Waals surface area contributed by atoms with E-state index in [4.69, 9.17) is 10.8 Å². The van der Waals surface area contributed by atoms with E-state index in [1.165, 1.54) is 6.92 Å². The normalized spacial score (nSPS) is 16.0. The van der Waals surface area contributed by atoms with Crippen LogP contribution in [0.2, 0.25) is 0 Å². The van der Waals surface area contributed by atoms with E-state index in [0.717, 1.165) is 0 Å². The molecule has 0 rings (SSSR count). The molecule has 0 bridgehead atoms. The summed E-state index contributed by atoms with van der Waals surface area (Å²) in [4.78, 5) is 59.7. The zero-order chi connectivity index (χ0) is 23.6. The molecule has 0 aromatic rings. The van der Waals surface area contributed by atoms with Gasteiger partial charge < -0.3 is 31.9 Å². The zero-order valence-electron chi connectivity index (χ0n) is 18.1. The van der Waals surface area contributed by atoms with Crippen molar-refractivity contribution < 1.29 is 34.2 Å². The lowest BCUT2D eigenvalue weighted by Gasteiger charge is -2.27. The summed E-state index contributed by atoms with van der Waals surface area (Å²) in [7, 11) is 0. The highest BCUT2D eigenvalue weighted by Crippen LogP contribution is 2.10. The topological polar surface area (TPSA) is 188 Å². The van der Waals surface area contributed by atoms with Crippen LogP contribution in [-0.4, -0.2) is 64.0 Å². The van der Waals surface area contributed by atoms with Crippen LogP contribution in [0.1, 0.15) is 53.9 Å². The second-order valence-corrected chi connectivity index (χ2v) is 7.72. The third-order valence-electron chi connectivity index (χ3n) is 4.72. The molecule has 0 spiro atoms. The number of aliphatic carboxylic acids is 2. The number of carbonyl (C=O) groups excluding carboxylic acids is 3. The molecule has 0 aliphatic rings. The Labute approximate surface area is 176 Å². The molecule has 0 saturated heterocycles. The van der Waals surface area contributed by atoms with E-state index in [9.17, 15) is 29.1 Å². The van der Waals surface area contributed by atoms with Crippen molar-refractivity contribution in [1.82, 2.24) is 16.0 Å². The van der Waals surface area contributed by atoms with Gasteiger partial charge in [0, 0.05) is 6.42 Å². The number of carboxylic acids is 2. The van der Waals surface area contributed by atoms with E-state index in [1.807, 2.05) is 0 Å². The van der Waals surface area contributed by atoms with Crippen LogP contribution in [0, 0.1) is 11.8 Å². The highest BCUT2D eigenvalue weighted by Gasteiger charge is 2.32. The van der Waals surface area contributed by atoms with Gasteiger partial charge in [-0.25, -0.2) is 4.79 Å². The van der Waals surface area contributed by atoms with E-state index in [0.29, 0.717) is 6.42 Å². The minimum absolute atomic E-state index is 0.244. The molecule has 5 atom stereocenters. The number of hydrogen-bond donors (Lipinski definition) is 6. The van der Waals surface area contributed by atoms with Crippen molar-refractivity contribution in [3.8, 4) is 0 Å². The van der Waals surface area contributed by atoms with Crippen LogP contribution in [0.15, 0.2) is 0 Å². The number of rotatable bonds is 13. The van der Waals surface area contributed by atoms with E-state index >= 15 is 0 Å². The first kappa shape index (κ1) is 27.3. The van der Waals surface area contributed by atoms with Crippen LogP contribution in [0.4, 0.5) is 0 Å². The number of carboxylic acid groups (broad SMARTS) is 2. The fraction of sp³-hybridized carbons (Fsp3) is 0.737. The van der Waals surface area contributed by atoms with Gasteiger partial charge >= 0.3 is 11.9 Å². The summed E-state index contributed by atoms with van der Waals surface area (Å²) in [5, 5.41) is 25.6. The Bertz CT molecular complexity index is 636. The van der Waals surface area contributed by atoms with Crippen LogP contribution in [0.25, 0.3) is 0 Å². The average molecular weight is 431 g/mol. The average Bonchev–Trinajstić information content (AvgIpc) is 2.65. The molecule has 0 aromatic heterocycles. The molecule has 30 heavy (non-hydrogen) atoms. The van der Waals surface area contributed by atoms with Crippen LogP contribution in [-0.2, 0) is 24.0 Å². The lowest BCUT2D eigenvalue weighted by Crippen LogP contribution is -2.58. The zero-order valence-corrected chi connectivity index (χ0v) is 18.1. The third-order valence-corrected chi connectivity index (χ3v) is 4.72. The van der Waals surface area contributed by atoms with E-state index in [2.05, 4.69) is 16.0 Å². The summed E-state index contributed by atoms with van der Waals surface area (Å²) < 4.78 is 0. The standard InChI is InChI=1S/C19H34N4O7/c1-6-10(4)15(19(29)30)23-17(27)12(7-8-13(24)25)21-18(28)14(9(2)3)22-16(26)11(5)20/h9-12,14-15H,6-8,20H2,1-5H3,(H,21,28)(H,22,26)(H,23,27)(H,24,25)(H,29,30). The summed E-state index contributed by atoms with van der Waals surface area (Å²) in [6.45, 7) is 8.24. The summed E-state index contributed by atoms with van der Waals surface area (Å²) in [6, 6.07) is -4.33. The summed E-state index contributed by atoms with van der Waals surface area (Å²) in [6.07, 6.45) is -0.175. The number of nitrogens with one attached hydrogen (secondary N) is 3. The minimum Gasteiger partial charge on any atom is -0.481 e. The SMILES string of the molecule is CCC(C)C(NC(=O)C(CCC(=O)O)NC(=O)C(NC(=O)C(C)N)C(C)C)C(=O)O. The number of hydrogen-bond acceptors (Lipinski definition) is 6. The molecule has 172 valence electrons. The van der Waals surface area contributed by atoms with Gasteiger partial charge in [-0.15, -0.1) is 0 Å². The maximum Gasteiger partial charge on any atom is 0.326 e. The Hall–Kier alpha value is -2.69. The minimum atomic E-state index is -1.28. The maximum absolute atomic E-state index is 12.7. The van der Waals surface area contributed by atoms with Gasteiger partial charge in [0.25, 0.3) is 0 Å². The van der Waals surface area contributed by atoms with Crippen LogP contribution in [0.5, 0.6) is 0 Å². The fourth-order valence-electron chi connectivity index (χ4n) is 2.55. The third kappa shape index (κ3) is 9.21. The van der Waals surface area contributed by atoms with Gasteiger partial charge in [0.2, 0.25) is 17.7 Å².